The second-order valence-electron chi connectivity index (χ2n) is 5.80. The predicted octanol–water partition coefficient (Wildman–Crippen LogP) is 0.296. The summed E-state index contributed by atoms with van der Waals surface area (Å²) in [6.45, 7) is 2.72. The number of urea groups is 1. The first-order valence-electron chi connectivity index (χ1n) is 7.99. The van der Waals surface area contributed by atoms with Gasteiger partial charge in [0.25, 0.3) is 5.91 Å². The molecule has 0 radical (unpaired) electrons. The summed E-state index contributed by atoms with van der Waals surface area (Å²) in [4.78, 5) is 54.2. The van der Waals surface area contributed by atoms with E-state index >= 15 is 0 Å². The molecule has 0 spiro atoms. The van der Waals surface area contributed by atoms with Crippen molar-refractivity contribution in [3.8, 4) is 0 Å². The lowest BCUT2D eigenvalue weighted by molar-refractivity contribution is -0.156. The van der Waals surface area contributed by atoms with E-state index in [0.717, 1.165) is 11.3 Å². The van der Waals surface area contributed by atoms with E-state index in [1.807, 2.05) is 0 Å². The minimum Gasteiger partial charge on any atom is -0.452 e. The average Bonchev–Trinajstić information content (AvgIpc) is 3.28. The van der Waals surface area contributed by atoms with E-state index in [4.69, 9.17) is 4.74 Å². The topological polar surface area (TPSA) is 109 Å². The number of imide groups is 1. The van der Waals surface area contributed by atoms with Crippen LogP contribution in [0.5, 0.6) is 0 Å². The van der Waals surface area contributed by atoms with E-state index in [2.05, 4.69) is 10.3 Å². The first-order chi connectivity index (χ1) is 12.0. The molecule has 0 unspecified atom stereocenters. The molecule has 1 aromatic heterocycles. The highest BCUT2D eigenvalue weighted by Gasteiger charge is 2.31. The third-order valence-electron chi connectivity index (χ3n) is 3.95. The van der Waals surface area contributed by atoms with Crippen LogP contribution in [0, 0.1) is 0 Å². The zero-order valence-corrected chi connectivity index (χ0v) is 14.5. The van der Waals surface area contributed by atoms with Crippen molar-refractivity contribution in [1.29, 1.82) is 0 Å². The summed E-state index contributed by atoms with van der Waals surface area (Å²) in [7, 11) is 0. The van der Waals surface area contributed by atoms with Crippen LogP contribution in [0.4, 0.5) is 9.93 Å². The number of esters is 1. The lowest BCUT2D eigenvalue weighted by atomic mass is 10.3. The summed E-state index contributed by atoms with van der Waals surface area (Å²) in [5.41, 5.74) is 0.489. The fraction of sp³-hybridized carbons (Fsp3) is 0.533. The average molecular weight is 366 g/mol. The molecule has 1 N–H and O–H groups in total. The number of nitrogens with one attached hydrogen (secondary N) is 1. The Balaban J connectivity index is 1.54. The maximum Gasteiger partial charge on any atom is 0.324 e. The Morgan fingerprint density at radius 2 is 2.20 bits per heavy atom. The molecule has 25 heavy (non-hydrogen) atoms. The SMILES string of the molecule is C[C@@H](OC(=O)Cc1csc(N2CCCC2=O)n1)C(=O)N1CCNC1=O. The molecule has 10 heteroatoms. The van der Waals surface area contributed by atoms with Crippen LogP contribution in [0.2, 0.25) is 0 Å². The van der Waals surface area contributed by atoms with E-state index in [1.165, 1.54) is 18.3 Å². The molecule has 3 heterocycles. The number of carbonyl (C=O) groups excluding carboxylic acids is 4. The molecule has 0 aromatic carbocycles. The number of rotatable bonds is 5. The largest absolute Gasteiger partial charge is 0.452 e. The van der Waals surface area contributed by atoms with Crippen molar-refractivity contribution >= 4 is 40.3 Å². The molecule has 0 saturated carbocycles. The lowest BCUT2D eigenvalue weighted by Gasteiger charge is -2.17. The highest BCUT2D eigenvalue weighted by atomic mass is 32.1. The third-order valence-corrected chi connectivity index (χ3v) is 4.86. The second-order valence-corrected chi connectivity index (χ2v) is 6.64. The quantitative estimate of drug-likeness (QED) is 0.751. The Bertz CT molecular complexity index is 719. The maximum atomic E-state index is 12.1. The van der Waals surface area contributed by atoms with E-state index in [-0.39, 0.29) is 18.9 Å². The second kappa shape index (κ2) is 7.18. The van der Waals surface area contributed by atoms with Gasteiger partial charge in [-0.25, -0.2) is 9.78 Å². The number of thiazole rings is 1. The molecular weight excluding hydrogens is 348 g/mol. The minimum absolute atomic E-state index is 0.0339. The molecule has 2 saturated heterocycles. The van der Waals surface area contributed by atoms with Crippen LogP contribution in [0.3, 0.4) is 0 Å². The third kappa shape index (κ3) is 3.78. The van der Waals surface area contributed by atoms with Gasteiger partial charge in [0.05, 0.1) is 12.1 Å². The maximum absolute atomic E-state index is 12.1. The lowest BCUT2D eigenvalue weighted by Crippen LogP contribution is -2.42. The van der Waals surface area contributed by atoms with E-state index in [1.54, 1.807) is 10.3 Å². The number of ether oxygens (including phenoxy) is 1. The van der Waals surface area contributed by atoms with Gasteiger partial charge in [-0.3, -0.25) is 24.2 Å². The van der Waals surface area contributed by atoms with E-state index in [0.29, 0.717) is 30.3 Å². The number of aromatic nitrogens is 1. The smallest absolute Gasteiger partial charge is 0.324 e. The molecule has 2 fully saturated rings. The predicted molar refractivity (Wildman–Crippen MR) is 88.1 cm³/mol. The summed E-state index contributed by atoms with van der Waals surface area (Å²) in [6.07, 6.45) is 0.178. The van der Waals surface area contributed by atoms with Crippen molar-refractivity contribution in [3.63, 3.8) is 0 Å². The van der Waals surface area contributed by atoms with Gasteiger partial charge < -0.3 is 10.1 Å². The monoisotopic (exact) mass is 366 g/mol. The van der Waals surface area contributed by atoms with Gasteiger partial charge in [-0.15, -0.1) is 11.3 Å². The van der Waals surface area contributed by atoms with Crippen LogP contribution in [-0.4, -0.2) is 59.4 Å². The van der Waals surface area contributed by atoms with Crippen LogP contribution in [0.25, 0.3) is 0 Å². The molecule has 0 bridgehead atoms. The number of amides is 4. The van der Waals surface area contributed by atoms with Crippen LogP contribution in [0.15, 0.2) is 5.38 Å². The van der Waals surface area contributed by atoms with Gasteiger partial charge in [0, 0.05) is 31.4 Å². The summed E-state index contributed by atoms with van der Waals surface area (Å²) in [5.74, 6) is -1.12. The number of nitrogens with zero attached hydrogens (tertiary/aromatic N) is 3. The molecule has 4 amide bonds. The summed E-state index contributed by atoms with van der Waals surface area (Å²) >= 11 is 1.30. The standard InChI is InChI=1S/C15H18N4O5S/c1-9(13(22)19-6-4-16-14(19)23)24-12(21)7-10-8-25-15(17-10)18-5-2-3-11(18)20/h8-9H,2-7H2,1H3,(H,16,23)/t9-/m1/s1. The van der Waals surface area contributed by atoms with Gasteiger partial charge >= 0.3 is 12.0 Å². The van der Waals surface area contributed by atoms with Crippen molar-refractivity contribution in [2.45, 2.75) is 32.3 Å². The minimum atomic E-state index is -1.05. The van der Waals surface area contributed by atoms with Gasteiger partial charge in [0.15, 0.2) is 11.2 Å². The van der Waals surface area contributed by atoms with Gasteiger partial charge in [-0.2, -0.15) is 0 Å². The highest BCUT2D eigenvalue weighted by molar-refractivity contribution is 7.14. The van der Waals surface area contributed by atoms with Gasteiger partial charge in [-0.05, 0) is 13.3 Å². The molecule has 0 aliphatic carbocycles. The summed E-state index contributed by atoms with van der Waals surface area (Å²) in [6, 6.07) is -0.479. The van der Waals surface area contributed by atoms with Crippen molar-refractivity contribution < 1.29 is 23.9 Å². The molecule has 2 aliphatic rings. The summed E-state index contributed by atoms with van der Waals surface area (Å²) in [5, 5.41) is 4.79. The number of anilines is 1. The Morgan fingerprint density at radius 1 is 1.40 bits per heavy atom. The molecule has 1 aromatic rings. The van der Waals surface area contributed by atoms with Gasteiger partial charge in [0.2, 0.25) is 5.91 Å². The highest BCUT2D eigenvalue weighted by Crippen LogP contribution is 2.25. The number of hydrogen-bond acceptors (Lipinski definition) is 7. The van der Waals surface area contributed by atoms with Crippen molar-refractivity contribution in [2.24, 2.45) is 0 Å². The van der Waals surface area contributed by atoms with Crippen molar-refractivity contribution in [1.82, 2.24) is 15.2 Å². The van der Waals surface area contributed by atoms with Gasteiger partial charge in [-0.1, -0.05) is 0 Å². The normalized spacial score (nSPS) is 18.4. The first kappa shape index (κ1) is 17.3. The van der Waals surface area contributed by atoms with Crippen molar-refractivity contribution in [2.75, 3.05) is 24.5 Å². The van der Waals surface area contributed by atoms with Crippen LogP contribution < -0.4 is 10.2 Å². The Hall–Kier alpha value is -2.49. The molecule has 3 rings (SSSR count). The Kier molecular flexibility index (Phi) is 4.98. The Labute approximate surface area is 147 Å². The Morgan fingerprint density at radius 3 is 2.84 bits per heavy atom. The number of hydrogen-bond donors (Lipinski definition) is 1. The van der Waals surface area contributed by atoms with E-state index < -0.39 is 24.0 Å². The molecule has 134 valence electrons. The zero-order chi connectivity index (χ0) is 18.0. The van der Waals surface area contributed by atoms with Crippen molar-refractivity contribution in [3.05, 3.63) is 11.1 Å². The fourth-order valence-electron chi connectivity index (χ4n) is 2.69. The first-order valence-corrected chi connectivity index (χ1v) is 8.87. The molecule has 9 nitrogen and oxygen atoms in total. The van der Waals surface area contributed by atoms with Gasteiger partial charge in [0.1, 0.15) is 0 Å². The molecule has 1 atom stereocenters. The van der Waals surface area contributed by atoms with Crippen LogP contribution in [0.1, 0.15) is 25.5 Å². The molecule has 2 aliphatic heterocycles. The number of carbonyl (C=O) groups is 4. The van der Waals surface area contributed by atoms with E-state index in [9.17, 15) is 19.2 Å². The molecular formula is C15H18N4O5S. The fourth-order valence-corrected chi connectivity index (χ4v) is 3.56. The summed E-state index contributed by atoms with van der Waals surface area (Å²) < 4.78 is 5.11. The van der Waals surface area contributed by atoms with Crippen LogP contribution >= 0.6 is 11.3 Å². The van der Waals surface area contributed by atoms with Crippen LogP contribution in [-0.2, 0) is 25.5 Å². The zero-order valence-electron chi connectivity index (χ0n) is 13.7.